The molecule has 0 aromatic carbocycles. The fourth-order valence-electron chi connectivity index (χ4n) is 0.189. The smallest absolute Gasteiger partial charge is 0.174 e. The average molecular weight is 136 g/mol. The second-order valence-corrected chi connectivity index (χ2v) is 3.41. The lowest BCUT2D eigenvalue weighted by Crippen LogP contribution is -1.96. The lowest BCUT2D eigenvalue weighted by Gasteiger charge is -1.85. The molecule has 0 radical (unpaired) electrons. The molecular weight excluding hydrogens is 128 g/mol. The van der Waals surface area contributed by atoms with Crippen molar-refractivity contribution in [2.24, 2.45) is 0 Å². The van der Waals surface area contributed by atoms with E-state index in [1.54, 1.807) is 0 Å². The molecule has 0 atom stereocenters. The van der Waals surface area contributed by atoms with Crippen LogP contribution in [0, 0.1) is 0 Å². The van der Waals surface area contributed by atoms with E-state index in [1.807, 2.05) is 0 Å². The van der Waals surface area contributed by atoms with E-state index in [2.05, 4.69) is 0 Å². The van der Waals surface area contributed by atoms with Gasteiger partial charge in [-0.05, 0) is 0 Å². The lowest BCUT2D eigenvalue weighted by atomic mass is 11.0. The normalized spacial score (nSPS) is 12.6. The second kappa shape index (κ2) is 2.71. The van der Waals surface area contributed by atoms with Crippen LogP contribution in [0.5, 0.6) is 0 Å². The molecule has 0 spiro atoms. The molecule has 0 saturated carbocycles. The standard InChI is InChI=1S/C4H8O3S/c1-2-8(6,7)4-3-5/h3-5H,2H2,1H3/b4-3+. The zero-order valence-electron chi connectivity index (χ0n) is 4.53. The molecule has 0 amide bonds. The molecule has 0 saturated heterocycles. The maximum atomic E-state index is 10.4. The van der Waals surface area contributed by atoms with Crippen LogP contribution in [0.15, 0.2) is 11.7 Å². The van der Waals surface area contributed by atoms with Gasteiger partial charge in [-0.15, -0.1) is 0 Å². The van der Waals surface area contributed by atoms with Crippen LogP contribution >= 0.6 is 0 Å². The Bertz CT molecular complexity index is 166. The quantitative estimate of drug-likeness (QED) is 0.561. The molecule has 0 rings (SSSR count). The van der Waals surface area contributed by atoms with E-state index in [1.165, 1.54) is 6.92 Å². The van der Waals surface area contributed by atoms with Gasteiger partial charge < -0.3 is 5.11 Å². The van der Waals surface area contributed by atoms with E-state index in [0.29, 0.717) is 6.26 Å². The summed E-state index contributed by atoms with van der Waals surface area (Å²) < 4.78 is 20.7. The molecule has 0 aliphatic heterocycles. The van der Waals surface area contributed by atoms with E-state index in [9.17, 15) is 8.42 Å². The molecule has 0 unspecified atom stereocenters. The maximum Gasteiger partial charge on any atom is 0.174 e. The van der Waals surface area contributed by atoms with Crippen LogP contribution in [0.4, 0.5) is 0 Å². The van der Waals surface area contributed by atoms with Crippen molar-refractivity contribution < 1.29 is 13.5 Å². The summed E-state index contributed by atoms with van der Waals surface area (Å²) in [6.45, 7) is 1.51. The molecule has 0 bridgehead atoms. The Hall–Kier alpha value is -0.510. The number of aliphatic hydroxyl groups is 1. The van der Waals surface area contributed by atoms with Crippen molar-refractivity contribution >= 4 is 9.84 Å². The highest BCUT2D eigenvalue weighted by atomic mass is 32.2. The van der Waals surface area contributed by atoms with Crippen molar-refractivity contribution in [2.45, 2.75) is 6.92 Å². The number of sulfone groups is 1. The van der Waals surface area contributed by atoms with Crippen molar-refractivity contribution in [3.05, 3.63) is 11.7 Å². The Kier molecular flexibility index (Phi) is 2.54. The highest BCUT2D eigenvalue weighted by Gasteiger charge is 1.97. The van der Waals surface area contributed by atoms with Crippen LogP contribution < -0.4 is 0 Å². The Balaban J connectivity index is 4.17. The van der Waals surface area contributed by atoms with Crippen LogP contribution in [0.3, 0.4) is 0 Å². The van der Waals surface area contributed by atoms with Gasteiger partial charge in [0.15, 0.2) is 9.84 Å². The van der Waals surface area contributed by atoms with Gasteiger partial charge in [-0.2, -0.15) is 0 Å². The Morgan fingerprint density at radius 2 is 2.12 bits per heavy atom. The van der Waals surface area contributed by atoms with E-state index >= 15 is 0 Å². The van der Waals surface area contributed by atoms with Crippen molar-refractivity contribution in [2.75, 3.05) is 5.75 Å². The number of hydrogen-bond acceptors (Lipinski definition) is 3. The Morgan fingerprint density at radius 3 is 2.25 bits per heavy atom. The molecular formula is C4H8O3S. The SMILES string of the molecule is CCS(=O)(=O)/C=C/O. The molecule has 0 aliphatic rings. The predicted molar refractivity (Wildman–Crippen MR) is 31.2 cm³/mol. The second-order valence-electron chi connectivity index (χ2n) is 1.24. The molecule has 4 heteroatoms. The Labute approximate surface area is 48.6 Å². The summed E-state index contributed by atoms with van der Waals surface area (Å²) in [7, 11) is -3.10. The molecule has 0 fully saturated rings. The molecule has 0 aromatic rings. The third-order valence-corrected chi connectivity index (χ3v) is 2.01. The summed E-state index contributed by atoms with van der Waals surface area (Å²) >= 11 is 0. The van der Waals surface area contributed by atoms with Gasteiger partial charge in [0.25, 0.3) is 0 Å². The van der Waals surface area contributed by atoms with Gasteiger partial charge in [0.05, 0.1) is 17.4 Å². The number of hydrogen-bond donors (Lipinski definition) is 1. The summed E-state index contributed by atoms with van der Waals surface area (Å²) in [5.41, 5.74) is 0. The maximum absolute atomic E-state index is 10.4. The lowest BCUT2D eigenvalue weighted by molar-refractivity contribution is 0.474. The van der Waals surface area contributed by atoms with Crippen molar-refractivity contribution in [3.8, 4) is 0 Å². The minimum Gasteiger partial charge on any atom is -0.515 e. The van der Waals surface area contributed by atoms with E-state index < -0.39 is 9.84 Å². The molecule has 0 aliphatic carbocycles. The Morgan fingerprint density at radius 1 is 1.62 bits per heavy atom. The fourth-order valence-corrected chi connectivity index (χ4v) is 0.567. The third-order valence-electron chi connectivity index (χ3n) is 0.671. The average Bonchev–Trinajstić information content (AvgIpc) is 1.67. The van der Waals surface area contributed by atoms with Crippen LogP contribution in [-0.4, -0.2) is 19.3 Å². The number of rotatable bonds is 2. The molecule has 0 heterocycles. The van der Waals surface area contributed by atoms with Crippen LogP contribution in [0.2, 0.25) is 0 Å². The first-order valence-electron chi connectivity index (χ1n) is 2.16. The first-order valence-corrected chi connectivity index (χ1v) is 3.87. The van der Waals surface area contributed by atoms with Crippen LogP contribution in [0.25, 0.3) is 0 Å². The molecule has 3 nitrogen and oxygen atoms in total. The summed E-state index contributed by atoms with van der Waals surface area (Å²) in [5, 5.41) is 8.74. The van der Waals surface area contributed by atoms with Gasteiger partial charge in [0.2, 0.25) is 0 Å². The van der Waals surface area contributed by atoms with Gasteiger partial charge in [-0.3, -0.25) is 0 Å². The van der Waals surface area contributed by atoms with Crippen molar-refractivity contribution in [1.29, 1.82) is 0 Å². The minimum atomic E-state index is -3.10. The van der Waals surface area contributed by atoms with E-state index in [0.717, 1.165) is 5.41 Å². The van der Waals surface area contributed by atoms with Gasteiger partial charge >= 0.3 is 0 Å². The topological polar surface area (TPSA) is 54.4 Å². The highest BCUT2D eigenvalue weighted by Crippen LogP contribution is 1.88. The van der Waals surface area contributed by atoms with Crippen molar-refractivity contribution in [3.63, 3.8) is 0 Å². The minimum absolute atomic E-state index is 0.0318. The van der Waals surface area contributed by atoms with Crippen molar-refractivity contribution in [1.82, 2.24) is 0 Å². The first kappa shape index (κ1) is 7.49. The molecule has 1 N–H and O–H groups in total. The molecule has 8 heavy (non-hydrogen) atoms. The van der Waals surface area contributed by atoms with Gasteiger partial charge in [-0.25, -0.2) is 8.42 Å². The number of aliphatic hydroxyl groups excluding tert-OH is 1. The third kappa shape index (κ3) is 2.63. The highest BCUT2D eigenvalue weighted by molar-refractivity contribution is 7.94. The van der Waals surface area contributed by atoms with E-state index in [4.69, 9.17) is 5.11 Å². The first-order chi connectivity index (χ1) is 3.62. The molecule has 0 aromatic heterocycles. The van der Waals surface area contributed by atoms with Gasteiger partial charge in [0.1, 0.15) is 0 Å². The zero-order chi connectivity index (χ0) is 6.62. The summed E-state index contributed by atoms with van der Waals surface area (Å²) in [4.78, 5) is 0. The van der Waals surface area contributed by atoms with Crippen LogP contribution in [0.1, 0.15) is 6.92 Å². The molecule has 48 valence electrons. The predicted octanol–water partition coefficient (Wildman–Crippen LogP) is 0.450. The largest absolute Gasteiger partial charge is 0.515 e. The summed E-state index contributed by atoms with van der Waals surface area (Å²) in [6, 6.07) is 0. The van der Waals surface area contributed by atoms with Gasteiger partial charge in [-0.1, -0.05) is 6.92 Å². The summed E-state index contributed by atoms with van der Waals surface area (Å²) in [6.07, 6.45) is 0.527. The van der Waals surface area contributed by atoms with E-state index in [-0.39, 0.29) is 5.75 Å². The monoisotopic (exact) mass is 136 g/mol. The fraction of sp³-hybridized carbons (Fsp3) is 0.500. The van der Waals surface area contributed by atoms with Gasteiger partial charge in [0, 0.05) is 0 Å². The van der Waals surface area contributed by atoms with Crippen LogP contribution in [-0.2, 0) is 9.84 Å². The summed E-state index contributed by atoms with van der Waals surface area (Å²) in [5.74, 6) is 0.0318. The zero-order valence-corrected chi connectivity index (χ0v) is 5.35.